The summed E-state index contributed by atoms with van der Waals surface area (Å²) >= 11 is 1.52. The third-order valence-electron chi connectivity index (χ3n) is 2.51. The van der Waals surface area contributed by atoms with Crippen LogP contribution < -0.4 is 5.32 Å². The SMILES string of the molecule is CC(CCS(C)=O)NCc1ccc(CC(=O)O)s1. The monoisotopic (exact) mass is 289 g/mol. The lowest BCUT2D eigenvalue weighted by molar-refractivity contribution is -0.136. The van der Waals surface area contributed by atoms with E-state index in [1.165, 1.54) is 11.3 Å². The molecule has 0 amide bonds. The molecule has 1 heterocycles. The highest BCUT2D eigenvalue weighted by atomic mass is 32.2. The summed E-state index contributed by atoms with van der Waals surface area (Å²) in [6, 6.07) is 4.14. The minimum atomic E-state index is -0.796. The van der Waals surface area contributed by atoms with Gasteiger partial charge in [-0.05, 0) is 25.5 Å². The highest BCUT2D eigenvalue weighted by Crippen LogP contribution is 2.17. The van der Waals surface area contributed by atoms with E-state index < -0.39 is 16.8 Å². The molecule has 0 bridgehead atoms. The summed E-state index contributed by atoms with van der Waals surface area (Å²) in [6.45, 7) is 2.81. The van der Waals surface area contributed by atoms with Crippen LogP contribution in [0.2, 0.25) is 0 Å². The van der Waals surface area contributed by atoms with Crippen molar-refractivity contribution >= 4 is 28.1 Å². The molecule has 1 aromatic rings. The molecule has 4 nitrogen and oxygen atoms in total. The summed E-state index contributed by atoms with van der Waals surface area (Å²) in [7, 11) is -0.739. The van der Waals surface area contributed by atoms with E-state index in [1.54, 1.807) is 6.26 Å². The molecule has 0 aliphatic heterocycles. The first-order valence-electron chi connectivity index (χ1n) is 5.80. The molecule has 0 saturated carbocycles. The van der Waals surface area contributed by atoms with Crippen LogP contribution >= 0.6 is 11.3 Å². The quantitative estimate of drug-likeness (QED) is 0.763. The van der Waals surface area contributed by atoms with E-state index in [0.29, 0.717) is 11.8 Å². The van der Waals surface area contributed by atoms with Gasteiger partial charge in [0.15, 0.2) is 0 Å². The van der Waals surface area contributed by atoms with Gasteiger partial charge in [-0.1, -0.05) is 0 Å². The number of carbonyl (C=O) groups is 1. The van der Waals surface area contributed by atoms with Crippen molar-refractivity contribution in [2.24, 2.45) is 0 Å². The number of hydrogen-bond donors (Lipinski definition) is 2. The molecule has 2 atom stereocenters. The summed E-state index contributed by atoms with van der Waals surface area (Å²) in [5, 5.41) is 12.0. The minimum Gasteiger partial charge on any atom is -0.481 e. The third kappa shape index (κ3) is 6.28. The number of aliphatic carboxylic acids is 1. The fourth-order valence-corrected chi connectivity index (χ4v) is 3.13. The second kappa shape index (κ2) is 7.66. The van der Waals surface area contributed by atoms with Crippen molar-refractivity contribution in [3.05, 3.63) is 21.9 Å². The Kier molecular flexibility index (Phi) is 6.52. The van der Waals surface area contributed by atoms with Crippen LogP contribution in [-0.4, -0.2) is 33.3 Å². The van der Waals surface area contributed by atoms with Gasteiger partial charge in [0.05, 0.1) is 6.42 Å². The molecule has 18 heavy (non-hydrogen) atoms. The van der Waals surface area contributed by atoms with Gasteiger partial charge in [-0.2, -0.15) is 0 Å². The summed E-state index contributed by atoms with van der Waals surface area (Å²) in [5.41, 5.74) is 0. The topological polar surface area (TPSA) is 66.4 Å². The van der Waals surface area contributed by atoms with Crippen LogP contribution in [0.15, 0.2) is 12.1 Å². The van der Waals surface area contributed by atoms with Crippen LogP contribution in [0.25, 0.3) is 0 Å². The number of hydrogen-bond acceptors (Lipinski definition) is 4. The number of carboxylic acids is 1. The van der Waals surface area contributed by atoms with Crippen molar-refractivity contribution < 1.29 is 14.1 Å². The van der Waals surface area contributed by atoms with Gasteiger partial charge in [-0.3, -0.25) is 9.00 Å². The second-order valence-corrected chi connectivity index (χ2v) is 7.09. The zero-order valence-electron chi connectivity index (χ0n) is 10.6. The molecule has 0 aliphatic carbocycles. The van der Waals surface area contributed by atoms with Gasteiger partial charge >= 0.3 is 5.97 Å². The molecular formula is C12H19NO3S2. The molecular weight excluding hydrogens is 270 g/mol. The maximum atomic E-state index is 11.0. The van der Waals surface area contributed by atoms with Gasteiger partial charge in [-0.25, -0.2) is 0 Å². The van der Waals surface area contributed by atoms with Crippen LogP contribution in [-0.2, 0) is 28.6 Å². The number of nitrogens with one attached hydrogen (secondary N) is 1. The molecule has 0 fully saturated rings. The van der Waals surface area contributed by atoms with Crippen molar-refractivity contribution in [2.45, 2.75) is 32.4 Å². The first-order chi connectivity index (χ1) is 8.47. The Morgan fingerprint density at radius 2 is 2.17 bits per heavy atom. The van der Waals surface area contributed by atoms with Gasteiger partial charge in [0.1, 0.15) is 0 Å². The maximum Gasteiger partial charge on any atom is 0.308 e. The summed E-state index contributed by atoms with van der Waals surface area (Å²) in [6.07, 6.45) is 2.69. The molecule has 0 aliphatic rings. The van der Waals surface area contributed by atoms with Crippen molar-refractivity contribution in [1.82, 2.24) is 5.32 Å². The average molecular weight is 289 g/mol. The van der Waals surface area contributed by atoms with Crippen LogP contribution in [0.3, 0.4) is 0 Å². The fraction of sp³-hybridized carbons (Fsp3) is 0.583. The summed E-state index contributed by atoms with van der Waals surface area (Å²) < 4.78 is 11.0. The van der Waals surface area contributed by atoms with Crippen LogP contribution in [0.4, 0.5) is 0 Å². The summed E-state index contributed by atoms with van der Waals surface area (Å²) in [5.74, 6) is -0.0850. The van der Waals surface area contributed by atoms with Crippen molar-refractivity contribution in [1.29, 1.82) is 0 Å². The van der Waals surface area contributed by atoms with E-state index in [1.807, 2.05) is 12.1 Å². The predicted octanol–water partition coefficient (Wildman–Crippen LogP) is 1.62. The largest absolute Gasteiger partial charge is 0.481 e. The maximum absolute atomic E-state index is 11.0. The van der Waals surface area contributed by atoms with E-state index in [4.69, 9.17) is 5.11 Å². The zero-order chi connectivity index (χ0) is 13.5. The normalized spacial score (nSPS) is 14.3. The lowest BCUT2D eigenvalue weighted by Crippen LogP contribution is -2.26. The van der Waals surface area contributed by atoms with Crippen molar-refractivity contribution in [3.8, 4) is 0 Å². The molecule has 102 valence electrons. The Bertz CT molecular complexity index is 417. The highest BCUT2D eigenvalue weighted by molar-refractivity contribution is 7.84. The molecule has 2 N–H and O–H groups in total. The molecule has 2 unspecified atom stereocenters. The Labute approximate surface area is 114 Å². The predicted molar refractivity (Wildman–Crippen MR) is 75.5 cm³/mol. The van der Waals surface area contributed by atoms with Crippen molar-refractivity contribution in [2.75, 3.05) is 12.0 Å². The molecule has 0 spiro atoms. The number of carboxylic acid groups (broad SMARTS) is 1. The van der Waals surface area contributed by atoms with E-state index in [2.05, 4.69) is 12.2 Å². The smallest absolute Gasteiger partial charge is 0.308 e. The van der Waals surface area contributed by atoms with Crippen LogP contribution in [0.1, 0.15) is 23.1 Å². The fourth-order valence-electron chi connectivity index (χ4n) is 1.48. The van der Waals surface area contributed by atoms with E-state index in [-0.39, 0.29) is 6.42 Å². The first kappa shape index (κ1) is 15.3. The number of rotatable bonds is 8. The van der Waals surface area contributed by atoms with Crippen LogP contribution in [0.5, 0.6) is 0 Å². The van der Waals surface area contributed by atoms with E-state index in [0.717, 1.165) is 22.7 Å². The van der Waals surface area contributed by atoms with Gasteiger partial charge in [-0.15, -0.1) is 11.3 Å². The number of thiophene rings is 1. The Balaban J connectivity index is 2.32. The lowest BCUT2D eigenvalue weighted by Gasteiger charge is -2.11. The average Bonchev–Trinajstić information content (AvgIpc) is 2.70. The standard InChI is InChI=1S/C12H19NO3S2/c1-9(5-6-18(2)16)13-8-11-4-3-10(17-11)7-12(14)15/h3-4,9,13H,5-8H2,1-2H3,(H,14,15). The van der Waals surface area contributed by atoms with Gasteiger partial charge in [0.25, 0.3) is 0 Å². The molecule has 0 radical (unpaired) electrons. The van der Waals surface area contributed by atoms with E-state index >= 15 is 0 Å². The third-order valence-corrected chi connectivity index (χ3v) is 4.40. The molecule has 0 saturated heterocycles. The van der Waals surface area contributed by atoms with Gasteiger partial charge in [0, 0.05) is 45.1 Å². The zero-order valence-corrected chi connectivity index (χ0v) is 12.3. The Morgan fingerprint density at radius 3 is 2.78 bits per heavy atom. The second-order valence-electron chi connectivity index (χ2n) is 4.29. The highest BCUT2D eigenvalue weighted by Gasteiger charge is 2.06. The molecule has 1 rings (SSSR count). The van der Waals surface area contributed by atoms with Gasteiger partial charge < -0.3 is 10.4 Å². The lowest BCUT2D eigenvalue weighted by atomic mass is 10.2. The van der Waals surface area contributed by atoms with Crippen LogP contribution in [0, 0.1) is 0 Å². The minimum absolute atomic E-state index is 0.0923. The van der Waals surface area contributed by atoms with E-state index in [9.17, 15) is 9.00 Å². The molecule has 0 aromatic carbocycles. The molecule has 1 aromatic heterocycles. The first-order valence-corrected chi connectivity index (χ1v) is 8.34. The van der Waals surface area contributed by atoms with Crippen molar-refractivity contribution in [3.63, 3.8) is 0 Å². The molecule has 6 heteroatoms. The Hall–Kier alpha value is -0.720. The summed E-state index contributed by atoms with van der Waals surface area (Å²) in [4.78, 5) is 12.6. The Morgan fingerprint density at radius 1 is 1.50 bits per heavy atom. The van der Waals surface area contributed by atoms with Gasteiger partial charge in [0.2, 0.25) is 0 Å².